The van der Waals surface area contributed by atoms with Crippen molar-refractivity contribution in [2.45, 2.75) is 13.5 Å². The Labute approximate surface area is 126 Å². The third-order valence-corrected chi connectivity index (χ3v) is 2.83. The van der Waals surface area contributed by atoms with Crippen LogP contribution in [0.15, 0.2) is 30.5 Å². The minimum absolute atomic E-state index is 0.0222. The van der Waals surface area contributed by atoms with E-state index in [0.29, 0.717) is 11.5 Å². The molecule has 0 unspecified atom stereocenters. The molecule has 0 aliphatic carbocycles. The van der Waals surface area contributed by atoms with Gasteiger partial charge in [-0.2, -0.15) is 0 Å². The van der Waals surface area contributed by atoms with Crippen LogP contribution in [0.4, 0.5) is 0 Å². The van der Waals surface area contributed by atoms with E-state index >= 15 is 0 Å². The molecule has 22 heavy (non-hydrogen) atoms. The summed E-state index contributed by atoms with van der Waals surface area (Å²) in [6, 6.07) is 6.94. The van der Waals surface area contributed by atoms with E-state index in [4.69, 9.17) is 14.6 Å². The molecule has 0 fully saturated rings. The molecule has 7 heteroatoms. The molecular formula is C15H14N2O5. The monoisotopic (exact) mass is 302 g/mol. The van der Waals surface area contributed by atoms with Gasteiger partial charge in [0.25, 0.3) is 0 Å². The van der Waals surface area contributed by atoms with Crippen molar-refractivity contribution in [1.82, 2.24) is 9.97 Å². The van der Waals surface area contributed by atoms with Crippen molar-refractivity contribution in [3.05, 3.63) is 47.5 Å². The van der Waals surface area contributed by atoms with Gasteiger partial charge in [-0.25, -0.2) is 14.8 Å². The molecule has 0 bridgehead atoms. The van der Waals surface area contributed by atoms with Crippen LogP contribution in [0.1, 0.15) is 33.6 Å². The summed E-state index contributed by atoms with van der Waals surface area (Å²) in [5.74, 6) is -0.342. The van der Waals surface area contributed by atoms with Crippen LogP contribution < -0.4 is 9.47 Å². The van der Waals surface area contributed by atoms with Gasteiger partial charge in [-0.15, -0.1) is 0 Å². The number of rotatable bonds is 6. The molecule has 0 spiro atoms. The summed E-state index contributed by atoms with van der Waals surface area (Å²) < 4.78 is 10.6. The molecule has 0 aliphatic rings. The Balaban J connectivity index is 2.18. The first-order chi connectivity index (χ1) is 10.5. The lowest BCUT2D eigenvalue weighted by Gasteiger charge is -2.08. The Hall–Kier alpha value is -2.96. The molecule has 2 rings (SSSR count). The molecule has 0 amide bonds. The van der Waals surface area contributed by atoms with Gasteiger partial charge >= 0.3 is 5.97 Å². The number of carboxylic acids is 1. The quantitative estimate of drug-likeness (QED) is 0.814. The van der Waals surface area contributed by atoms with E-state index in [9.17, 15) is 9.59 Å². The summed E-state index contributed by atoms with van der Waals surface area (Å²) in [6.45, 7) is 1.24. The second-order valence-corrected chi connectivity index (χ2v) is 4.38. The van der Waals surface area contributed by atoms with Crippen LogP contribution in [-0.2, 0) is 6.61 Å². The van der Waals surface area contributed by atoms with E-state index in [2.05, 4.69) is 9.97 Å². The standard InChI is InChI=1S/C15H14N2O5/c1-9(18)12-7-16-13(17-14(12)15(19)20)8-22-11-5-3-4-10(6-11)21-2/h3-7H,8H2,1-2H3,(H,19,20). The number of carbonyl (C=O) groups excluding carboxylic acids is 1. The Bertz CT molecular complexity index is 715. The van der Waals surface area contributed by atoms with Crippen LogP contribution in [0.2, 0.25) is 0 Å². The number of hydrogen-bond donors (Lipinski definition) is 1. The van der Waals surface area contributed by atoms with Gasteiger partial charge in [0.15, 0.2) is 17.3 Å². The van der Waals surface area contributed by atoms with Crippen LogP contribution in [0.25, 0.3) is 0 Å². The van der Waals surface area contributed by atoms with E-state index in [1.807, 2.05) is 0 Å². The van der Waals surface area contributed by atoms with E-state index in [1.54, 1.807) is 31.4 Å². The highest BCUT2D eigenvalue weighted by Gasteiger charge is 2.17. The molecular weight excluding hydrogens is 288 g/mol. The van der Waals surface area contributed by atoms with Crippen LogP contribution >= 0.6 is 0 Å². The summed E-state index contributed by atoms with van der Waals surface area (Å²) in [5.41, 5.74) is -0.357. The molecule has 1 aromatic carbocycles. The maximum Gasteiger partial charge on any atom is 0.355 e. The number of methoxy groups -OCH3 is 1. The Morgan fingerprint density at radius 3 is 2.64 bits per heavy atom. The van der Waals surface area contributed by atoms with E-state index in [-0.39, 0.29) is 23.7 Å². The zero-order valence-corrected chi connectivity index (χ0v) is 12.1. The highest BCUT2D eigenvalue weighted by molar-refractivity contribution is 6.03. The normalized spacial score (nSPS) is 10.1. The van der Waals surface area contributed by atoms with Crippen LogP contribution in [0.3, 0.4) is 0 Å². The van der Waals surface area contributed by atoms with Gasteiger partial charge in [0.1, 0.15) is 18.1 Å². The summed E-state index contributed by atoms with van der Waals surface area (Å²) in [7, 11) is 1.54. The number of ether oxygens (including phenoxy) is 2. The predicted octanol–water partition coefficient (Wildman–Crippen LogP) is 1.96. The topological polar surface area (TPSA) is 98.6 Å². The van der Waals surface area contributed by atoms with Crippen molar-refractivity contribution in [2.24, 2.45) is 0 Å². The van der Waals surface area contributed by atoms with Gasteiger partial charge in [0, 0.05) is 12.3 Å². The number of Topliss-reactive ketones (excluding diaryl/α,β-unsaturated/α-hetero) is 1. The van der Waals surface area contributed by atoms with Gasteiger partial charge in [-0.05, 0) is 19.1 Å². The number of carbonyl (C=O) groups is 2. The number of carboxylic acid groups (broad SMARTS) is 1. The van der Waals surface area contributed by atoms with Gasteiger partial charge in [-0.3, -0.25) is 4.79 Å². The Kier molecular flexibility index (Phi) is 4.67. The fourth-order valence-electron chi connectivity index (χ4n) is 1.75. The molecule has 1 heterocycles. The minimum atomic E-state index is -1.28. The molecule has 0 saturated heterocycles. The lowest BCUT2D eigenvalue weighted by molar-refractivity contribution is 0.0684. The highest BCUT2D eigenvalue weighted by Crippen LogP contribution is 2.19. The number of benzene rings is 1. The predicted molar refractivity (Wildman–Crippen MR) is 76.3 cm³/mol. The van der Waals surface area contributed by atoms with Crippen molar-refractivity contribution in [3.63, 3.8) is 0 Å². The van der Waals surface area contributed by atoms with Crippen LogP contribution in [-0.4, -0.2) is 33.9 Å². The fraction of sp³-hybridized carbons (Fsp3) is 0.200. The number of aromatic carboxylic acids is 1. The van der Waals surface area contributed by atoms with E-state index in [0.717, 1.165) is 0 Å². The zero-order valence-electron chi connectivity index (χ0n) is 12.1. The van der Waals surface area contributed by atoms with Gasteiger partial charge in [0.2, 0.25) is 0 Å². The first kappa shape index (κ1) is 15.4. The number of hydrogen-bond acceptors (Lipinski definition) is 6. The number of ketones is 1. The fourth-order valence-corrected chi connectivity index (χ4v) is 1.75. The number of nitrogens with zero attached hydrogens (tertiary/aromatic N) is 2. The summed E-state index contributed by atoms with van der Waals surface area (Å²) in [6.07, 6.45) is 1.20. The van der Waals surface area contributed by atoms with Crippen LogP contribution in [0.5, 0.6) is 11.5 Å². The molecule has 2 aromatic rings. The summed E-state index contributed by atoms with van der Waals surface area (Å²) in [5, 5.41) is 9.09. The Morgan fingerprint density at radius 1 is 1.27 bits per heavy atom. The second-order valence-electron chi connectivity index (χ2n) is 4.38. The largest absolute Gasteiger partial charge is 0.497 e. The molecule has 7 nitrogen and oxygen atoms in total. The van der Waals surface area contributed by atoms with Gasteiger partial charge in [-0.1, -0.05) is 6.07 Å². The van der Waals surface area contributed by atoms with Gasteiger partial charge < -0.3 is 14.6 Å². The average molecular weight is 302 g/mol. The molecule has 114 valence electrons. The average Bonchev–Trinajstić information content (AvgIpc) is 2.52. The molecule has 0 aliphatic heterocycles. The summed E-state index contributed by atoms with van der Waals surface area (Å²) in [4.78, 5) is 30.3. The van der Waals surface area contributed by atoms with Crippen LogP contribution in [0, 0.1) is 0 Å². The molecule has 0 saturated carbocycles. The zero-order chi connectivity index (χ0) is 16.1. The third kappa shape index (κ3) is 3.57. The van der Waals surface area contributed by atoms with Gasteiger partial charge in [0.05, 0.1) is 12.7 Å². The second kappa shape index (κ2) is 6.66. The first-order valence-electron chi connectivity index (χ1n) is 6.38. The summed E-state index contributed by atoms with van der Waals surface area (Å²) >= 11 is 0. The molecule has 0 radical (unpaired) electrons. The minimum Gasteiger partial charge on any atom is -0.497 e. The number of aromatic nitrogens is 2. The first-order valence-corrected chi connectivity index (χ1v) is 6.38. The van der Waals surface area contributed by atoms with Crippen molar-refractivity contribution < 1.29 is 24.2 Å². The lowest BCUT2D eigenvalue weighted by atomic mass is 10.1. The third-order valence-electron chi connectivity index (χ3n) is 2.83. The van der Waals surface area contributed by atoms with Crippen molar-refractivity contribution >= 4 is 11.8 Å². The SMILES string of the molecule is COc1cccc(OCc2ncc(C(C)=O)c(C(=O)O)n2)c1. The highest BCUT2D eigenvalue weighted by atomic mass is 16.5. The lowest BCUT2D eigenvalue weighted by Crippen LogP contribution is -2.13. The van der Waals surface area contributed by atoms with E-state index in [1.165, 1.54) is 13.1 Å². The van der Waals surface area contributed by atoms with Crippen molar-refractivity contribution in [1.29, 1.82) is 0 Å². The maximum absolute atomic E-state index is 11.3. The van der Waals surface area contributed by atoms with E-state index < -0.39 is 11.8 Å². The van der Waals surface area contributed by atoms with Crippen molar-refractivity contribution in [2.75, 3.05) is 7.11 Å². The van der Waals surface area contributed by atoms with Crippen molar-refractivity contribution in [3.8, 4) is 11.5 Å². The Morgan fingerprint density at radius 2 is 2.00 bits per heavy atom. The molecule has 0 atom stereocenters. The smallest absolute Gasteiger partial charge is 0.355 e. The maximum atomic E-state index is 11.3. The molecule has 1 N–H and O–H groups in total. The molecule has 1 aromatic heterocycles.